The first-order valence-electron chi connectivity index (χ1n) is 8.72. The van der Waals surface area contributed by atoms with E-state index < -0.39 is 20.8 Å². The molecule has 1 rings (SSSR count). The first-order chi connectivity index (χ1) is 10.9. The second-order valence-corrected chi connectivity index (χ2v) is 7.58. The Bertz CT molecular complexity index is 558. The molecule has 4 nitrogen and oxygen atoms in total. The van der Waals surface area contributed by atoms with Gasteiger partial charge >= 0.3 is 51.4 Å². The fourth-order valence-corrected chi connectivity index (χ4v) is 3.35. The molecule has 0 spiro atoms. The van der Waals surface area contributed by atoms with Gasteiger partial charge in [0.25, 0.3) is 10.1 Å². The normalized spacial score (nSPS) is 11.2. The molecule has 0 aliphatic rings. The van der Waals surface area contributed by atoms with Crippen LogP contribution in [0.15, 0.2) is 23.1 Å². The summed E-state index contributed by atoms with van der Waals surface area (Å²) in [5.74, 6) is -0.653. The molecule has 1 aromatic carbocycles. The summed E-state index contributed by atoms with van der Waals surface area (Å²) in [6.07, 6.45) is 13.2. The minimum absolute atomic E-state index is 0. The summed E-state index contributed by atoms with van der Waals surface area (Å²) in [6.45, 7) is 2.23. The van der Waals surface area contributed by atoms with Crippen LogP contribution in [0.1, 0.15) is 76.7 Å². The van der Waals surface area contributed by atoms with Crippen LogP contribution in [0.25, 0.3) is 0 Å². The number of hydrogen-bond donors (Lipinski definition) is 1. The van der Waals surface area contributed by atoms with Gasteiger partial charge in [-0.1, -0.05) is 82.6 Å². The van der Waals surface area contributed by atoms with Gasteiger partial charge in [0.05, 0.1) is 4.90 Å². The van der Waals surface area contributed by atoms with E-state index >= 15 is 0 Å². The van der Waals surface area contributed by atoms with Crippen molar-refractivity contribution in [3.8, 4) is 5.75 Å². The average molecular weight is 381 g/mol. The molecular formula is C18H29KO4S. The third-order valence-electron chi connectivity index (χ3n) is 4.11. The van der Waals surface area contributed by atoms with E-state index in [0.717, 1.165) is 24.8 Å². The Labute approximate surface area is 189 Å². The van der Waals surface area contributed by atoms with E-state index in [-0.39, 0.29) is 51.4 Å². The molecule has 0 radical (unpaired) electrons. The number of hydrogen-bond acceptors (Lipinski definition) is 3. The van der Waals surface area contributed by atoms with Crippen LogP contribution in [0.5, 0.6) is 5.75 Å². The van der Waals surface area contributed by atoms with Crippen LogP contribution in [-0.2, 0) is 16.5 Å². The Kier molecular flexibility index (Phi) is 14.1. The fourth-order valence-electron chi connectivity index (χ4n) is 2.73. The van der Waals surface area contributed by atoms with Crippen molar-refractivity contribution in [2.45, 2.75) is 82.4 Å². The number of aryl methyl sites for hydroxylation is 1. The summed E-state index contributed by atoms with van der Waals surface area (Å²) in [4.78, 5) is -0.512. The monoisotopic (exact) mass is 380 g/mol. The van der Waals surface area contributed by atoms with Gasteiger partial charge in [-0.05, 0) is 24.5 Å². The zero-order chi connectivity index (χ0) is 17.1. The van der Waals surface area contributed by atoms with Crippen molar-refractivity contribution in [3.05, 3.63) is 23.8 Å². The van der Waals surface area contributed by atoms with Crippen molar-refractivity contribution in [2.75, 3.05) is 0 Å². The van der Waals surface area contributed by atoms with E-state index in [0.29, 0.717) is 0 Å². The Hall–Kier alpha value is 0.566. The van der Waals surface area contributed by atoms with Gasteiger partial charge in [0, 0.05) is 0 Å². The van der Waals surface area contributed by atoms with Crippen molar-refractivity contribution in [2.24, 2.45) is 0 Å². The number of unbranched alkanes of at least 4 members (excludes halogenated alkanes) is 9. The molecule has 0 aliphatic carbocycles. The molecule has 24 heavy (non-hydrogen) atoms. The van der Waals surface area contributed by atoms with Gasteiger partial charge in [0.15, 0.2) is 0 Å². The minimum atomic E-state index is -4.42. The fraction of sp³-hybridized carbons (Fsp3) is 0.667. The maximum absolute atomic E-state index is 11.4. The Morgan fingerprint density at radius 2 is 1.42 bits per heavy atom. The third kappa shape index (κ3) is 10.5. The molecule has 0 bridgehead atoms. The predicted octanol–water partition coefficient (Wildman–Crippen LogP) is 1.47. The molecule has 0 heterocycles. The molecule has 0 saturated carbocycles. The van der Waals surface area contributed by atoms with Gasteiger partial charge in [-0.25, -0.2) is 0 Å². The Balaban J connectivity index is 0.00000529. The van der Waals surface area contributed by atoms with Crippen LogP contribution in [-0.4, -0.2) is 13.0 Å². The largest absolute Gasteiger partial charge is 1.00 e. The van der Waals surface area contributed by atoms with Gasteiger partial charge in [0.1, 0.15) is 0 Å². The minimum Gasteiger partial charge on any atom is -0.872 e. The molecule has 0 amide bonds. The van der Waals surface area contributed by atoms with E-state index in [9.17, 15) is 13.5 Å². The van der Waals surface area contributed by atoms with Crippen molar-refractivity contribution in [3.63, 3.8) is 0 Å². The summed E-state index contributed by atoms with van der Waals surface area (Å²) >= 11 is 0. The molecule has 1 N–H and O–H groups in total. The third-order valence-corrected chi connectivity index (χ3v) is 4.98. The van der Waals surface area contributed by atoms with Crippen LogP contribution in [0.3, 0.4) is 0 Å². The van der Waals surface area contributed by atoms with Crippen molar-refractivity contribution in [1.29, 1.82) is 0 Å². The van der Waals surface area contributed by atoms with Gasteiger partial charge < -0.3 is 5.11 Å². The molecule has 132 valence electrons. The van der Waals surface area contributed by atoms with E-state index in [1.807, 2.05) is 0 Å². The van der Waals surface area contributed by atoms with Crippen LogP contribution in [0, 0.1) is 0 Å². The summed E-state index contributed by atoms with van der Waals surface area (Å²) in [5, 5.41) is 11.4. The van der Waals surface area contributed by atoms with E-state index in [1.54, 1.807) is 6.07 Å². The molecule has 0 atom stereocenters. The second kappa shape index (κ2) is 13.7. The molecular weight excluding hydrogens is 351 g/mol. The molecule has 0 aliphatic heterocycles. The Morgan fingerprint density at radius 3 is 1.92 bits per heavy atom. The molecule has 1 aromatic rings. The van der Waals surface area contributed by atoms with Crippen molar-refractivity contribution < 1.29 is 69.5 Å². The van der Waals surface area contributed by atoms with Crippen molar-refractivity contribution >= 4 is 10.1 Å². The molecule has 0 aromatic heterocycles. The first-order valence-corrected chi connectivity index (χ1v) is 10.2. The molecule has 0 unspecified atom stereocenters. The quantitative estimate of drug-likeness (QED) is 0.338. The van der Waals surface area contributed by atoms with Gasteiger partial charge in [-0.3, -0.25) is 4.55 Å². The standard InChI is InChI=1S/C18H30O4S.K/c1-2-3-4-5-6-7-8-9-10-11-12-16-13-14-17(19)18(15-16)23(20,21)22;/h13-15,19H,2-12H2,1H3,(H,20,21,22);/q;+1/p-1. The summed E-state index contributed by atoms with van der Waals surface area (Å²) in [7, 11) is -4.42. The maximum atomic E-state index is 11.4. The van der Waals surface area contributed by atoms with Crippen LogP contribution >= 0.6 is 0 Å². The summed E-state index contributed by atoms with van der Waals surface area (Å²) in [6, 6.07) is 4.16. The van der Waals surface area contributed by atoms with Gasteiger partial charge in [-0.2, -0.15) is 8.42 Å². The predicted molar refractivity (Wildman–Crippen MR) is 91.3 cm³/mol. The van der Waals surface area contributed by atoms with Crippen LogP contribution in [0.4, 0.5) is 0 Å². The van der Waals surface area contributed by atoms with Crippen LogP contribution < -0.4 is 56.5 Å². The van der Waals surface area contributed by atoms with Gasteiger partial charge in [0.2, 0.25) is 0 Å². The topological polar surface area (TPSA) is 77.4 Å². The van der Waals surface area contributed by atoms with Gasteiger partial charge in [-0.15, -0.1) is 0 Å². The van der Waals surface area contributed by atoms with Crippen LogP contribution in [0.2, 0.25) is 0 Å². The number of benzene rings is 1. The van der Waals surface area contributed by atoms with Crippen molar-refractivity contribution in [1.82, 2.24) is 0 Å². The first kappa shape index (κ1) is 24.6. The second-order valence-electron chi connectivity index (χ2n) is 6.19. The summed E-state index contributed by atoms with van der Waals surface area (Å²) in [5.41, 5.74) is 0.789. The number of rotatable bonds is 12. The molecule has 0 fully saturated rings. The summed E-state index contributed by atoms with van der Waals surface area (Å²) < 4.78 is 31.2. The zero-order valence-corrected chi connectivity index (χ0v) is 19.0. The Morgan fingerprint density at radius 1 is 0.917 bits per heavy atom. The smallest absolute Gasteiger partial charge is 0.872 e. The van der Waals surface area contributed by atoms with E-state index in [1.165, 1.54) is 63.5 Å². The molecule has 0 saturated heterocycles. The van der Waals surface area contributed by atoms with E-state index in [4.69, 9.17) is 4.55 Å². The average Bonchev–Trinajstić information content (AvgIpc) is 2.49. The molecule has 6 heteroatoms. The zero-order valence-electron chi connectivity index (χ0n) is 15.1. The van der Waals surface area contributed by atoms with E-state index in [2.05, 4.69) is 6.92 Å². The maximum Gasteiger partial charge on any atom is 1.00 e. The SMILES string of the molecule is CCCCCCCCCCCCc1ccc([O-])c(S(=O)(=O)O)c1.[K+].